The lowest BCUT2D eigenvalue weighted by atomic mass is 9.96. The Labute approximate surface area is 127 Å². The molecule has 0 N–H and O–H groups in total. The van der Waals surface area contributed by atoms with E-state index >= 15 is 0 Å². The highest BCUT2D eigenvalue weighted by Crippen LogP contribution is 2.31. The van der Waals surface area contributed by atoms with E-state index in [9.17, 15) is 4.79 Å². The Morgan fingerprint density at radius 3 is 2.16 bits per heavy atom. The molecule has 2 aromatic rings. The van der Waals surface area contributed by atoms with E-state index in [-0.39, 0.29) is 15.8 Å². The van der Waals surface area contributed by atoms with Crippen molar-refractivity contribution in [2.45, 2.75) is 13.8 Å². The van der Waals surface area contributed by atoms with Crippen molar-refractivity contribution in [2.24, 2.45) is 0 Å². The molecule has 0 aromatic heterocycles. The number of benzene rings is 2. The SMILES string of the molecule is Cc1cccc(C(=O)c2c(Cl)cc(Cl)cc2Cl)c1C. The van der Waals surface area contributed by atoms with Gasteiger partial charge in [-0.15, -0.1) is 0 Å². The molecular weight excluding hydrogens is 303 g/mol. The van der Waals surface area contributed by atoms with Crippen molar-refractivity contribution in [3.63, 3.8) is 0 Å². The van der Waals surface area contributed by atoms with Gasteiger partial charge in [0.25, 0.3) is 0 Å². The minimum Gasteiger partial charge on any atom is -0.288 e. The van der Waals surface area contributed by atoms with Crippen molar-refractivity contribution in [3.05, 3.63) is 67.7 Å². The molecule has 0 radical (unpaired) electrons. The number of ketones is 1. The summed E-state index contributed by atoms with van der Waals surface area (Å²) in [5.74, 6) is -0.187. The summed E-state index contributed by atoms with van der Waals surface area (Å²) in [7, 11) is 0. The molecule has 0 aliphatic carbocycles. The van der Waals surface area contributed by atoms with Crippen LogP contribution < -0.4 is 0 Å². The summed E-state index contributed by atoms with van der Waals surface area (Å²) in [4.78, 5) is 12.6. The molecule has 0 atom stereocenters. The third-order valence-electron chi connectivity index (χ3n) is 3.08. The van der Waals surface area contributed by atoms with Crippen LogP contribution in [0, 0.1) is 13.8 Å². The smallest absolute Gasteiger partial charge is 0.196 e. The molecule has 2 rings (SSSR count). The molecule has 0 amide bonds. The van der Waals surface area contributed by atoms with E-state index in [0.717, 1.165) is 11.1 Å². The standard InChI is InChI=1S/C15H11Cl3O/c1-8-4-3-5-11(9(8)2)15(19)14-12(17)6-10(16)7-13(14)18/h3-7H,1-2H3. The van der Waals surface area contributed by atoms with Crippen molar-refractivity contribution in [1.29, 1.82) is 0 Å². The predicted molar refractivity (Wildman–Crippen MR) is 80.8 cm³/mol. The predicted octanol–water partition coefficient (Wildman–Crippen LogP) is 5.49. The first kappa shape index (κ1) is 14.4. The maximum absolute atomic E-state index is 12.6. The molecule has 0 heterocycles. The summed E-state index contributed by atoms with van der Waals surface area (Å²) in [5.41, 5.74) is 2.87. The number of hydrogen-bond acceptors (Lipinski definition) is 1. The Kier molecular flexibility index (Phi) is 4.19. The average molecular weight is 314 g/mol. The molecule has 1 nitrogen and oxygen atoms in total. The molecule has 0 unspecified atom stereocenters. The number of aryl methyl sites for hydroxylation is 1. The maximum atomic E-state index is 12.6. The Hall–Kier alpha value is -1.02. The van der Waals surface area contributed by atoms with Gasteiger partial charge in [-0.2, -0.15) is 0 Å². The van der Waals surface area contributed by atoms with Crippen molar-refractivity contribution < 1.29 is 4.79 Å². The second kappa shape index (κ2) is 5.54. The van der Waals surface area contributed by atoms with Gasteiger partial charge < -0.3 is 0 Å². The molecule has 0 saturated heterocycles. The van der Waals surface area contributed by atoms with Gasteiger partial charge >= 0.3 is 0 Å². The van der Waals surface area contributed by atoms with Crippen LogP contribution in [0.5, 0.6) is 0 Å². The van der Waals surface area contributed by atoms with Crippen LogP contribution in [-0.2, 0) is 0 Å². The van der Waals surface area contributed by atoms with Gasteiger partial charge in [0, 0.05) is 10.6 Å². The highest BCUT2D eigenvalue weighted by atomic mass is 35.5. The van der Waals surface area contributed by atoms with Gasteiger partial charge in [-0.25, -0.2) is 0 Å². The zero-order chi connectivity index (χ0) is 14.2. The lowest BCUT2D eigenvalue weighted by molar-refractivity contribution is 0.103. The van der Waals surface area contributed by atoms with Crippen LogP contribution in [0.4, 0.5) is 0 Å². The molecule has 0 aliphatic heterocycles. The molecule has 0 fully saturated rings. The summed E-state index contributed by atoms with van der Waals surface area (Å²) < 4.78 is 0. The van der Waals surface area contributed by atoms with Crippen molar-refractivity contribution in [2.75, 3.05) is 0 Å². The Balaban J connectivity index is 2.60. The van der Waals surface area contributed by atoms with Crippen LogP contribution in [0.25, 0.3) is 0 Å². The van der Waals surface area contributed by atoms with E-state index in [2.05, 4.69) is 0 Å². The van der Waals surface area contributed by atoms with Crippen molar-refractivity contribution in [3.8, 4) is 0 Å². The number of halogens is 3. The number of hydrogen-bond donors (Lipinski definition) is 0. The molecule has 0 spiro atoms. The molecule has 19 heavy (non-hydrogen) atoms. The average Bonchev–Trinajstić information content (AvgIpc) is 2.31. The summed E-state index contributed by atoms with van der Waals surface area (Å²) in [6.45, 7) is 3.86. The fourth-order valence-electron chi connectivity index (χ4n) is 1.89. The van der Waals surface area contributed by atoms with Crippen molar-refractivity contribution >= 4 is 40.6 Å². The van der Waals surface area contributed by atoms with E-state index in [1.165, 1.54) is 12.1 Å². The first-order chi connectivity index (χ1) is 8.91. The molecule has 2 aromatic carbocycles. The van der Waals surface area contributed by atoms with E-state index in [1.807, 2.05) is 26.0 Å². The van der Waals surface area contributed by atoms with Crippen LogP contribution in [-0.4, -0.2) is 5.78 Å². The topological polar surface area (TPSA) is 17.1 Å². The van der Waals surface area contributed by atoms with E-state index in [1.54, 1.807) is 6.07 Å². The second-order valence-corrected chi connectivity index (χ2v) is 5.57. The van der Waals surface area contributed by atoms with Crippen LogP contribution in [0.1, 0.15) is 27.0 Å². The molecule has 0 aliphatic rings. The summed E-state index contributed by atoms with van der Waals surface area (Å²) in [6.07, 6.45) is 0. The lowest BCUT2D eigenvalue weighted by Gasteiger charge is -2.10. The van der Waals surface area contributed by atoms with Crippen molar-refractivity contribution in [1.82, 2.24) is 0 Å². The third-order valence-corrected chi connectivity index (χ3v) is 3.90. The maximum Gasteiger partial charge on any atom is 0.196 e. The van der Waals surface area contributed by atoms with Gasteiger partial charge in [-0.05, 0) is 37.1 Å². The van der Waals surface area contributed by atoms with Crippen LogP contribution >= 0.6 is 34.8 Å². The normalized spacial score (nSPS) is 10.6. The van der Waals surface area contributed by atoms with Gasteiger partial charge in [0.05, 0.1) is 15.6 Å². The fraction of sp³-hybridized carbons (Fsp3) is 0.133. The number of carbonyl (C=O) groups excluding carboxylic acids is 1. The first-order valence-corrected chi connectivity index (χ1v) is 6.80. The van der Waals surface area contributed by atoms with Gasteiger partial charge in [0.2, 0.25) is 0 Å². The number of rotatable bonds is 2. The zero-order valence-electron chi connectivity index (χ0n) is 10.4. The molecule has 4 heteroatoms. The van der Waals surface area contributed by atoms with Crippen LogP contribution in [0.15, 0.2) is 30.3 Å². The Bertz CT molecular complexity index is 639. The summed E-state index contributed by atoms with van der Waals surface area (Å²) in [5, 5.41) is 0.944. The highest BCUT2D eigenvalue weighted by Gasteiger charge is 2.19. The van der Waals surface area contributed by atoms with Gasteiger partial charge in [0.15, 0.2) is 5.78 Å². The third kappa shape index (κ3) is 2.79. The Morgan fingerprint density at radius 2 is 1.58 bits per heavy atom. The minimum absolute atomic E-state index is 0.187. The lowest BCUT2D eigenvalue weighted by Crippen LogP contribution is -2.06. The monoisotopic (exact) mass is 312 g/mol. The van der Waals surface area contributed by atoms with Gasteiger partial charge in [-0.1, -0.05) is 53.0 Å². The molecule has 0 saturated carbocycles. The fourth-order valence-corrected chi connectivity index (χ4v) is 2.88. The first-order valence-electron chi connectivity index (χ1n) is 5.67. The summed E-state index contributed by atoms with van der Waals surface area (Å²) in [6, 6.07) is 8.61. The Morgan fingerprint density at radius 1 is 1.00 bits per heavy atom. The van der Waals surface area contributed by atoms with Crippen LogP contribution in [0.3, 0.4) is 0 Å². The molecular formula is C15H11Cl3O. The quantitative estimate of drug-likeness (QED) is 0.670. The van der Waals surface area contributed by atoms with E-state index in [0.29, 0.717) is 16.1 Å². The molecule has 98 valence electrons. The number of carbonyl (C=O) groups is 1. The highest BCUT2D eigenvalue weighted by molar-refractivity contribution is 6.43. The van der Waals surface area contributed by atoms with Gasteiger partial charge in [0.1, 0.15) is 0 Å². The van der Waals surface area contributed by atoms with E-state index in [4.69, 9.17) is 34.8 Å². The minimum atomic E-state index is -0.187. The van der Waals surface area contributed by atoms with Crippen LogP contribution in [0.2, 0.25) is 15.1 Å². The second-order valence-electron chi connectivity index (χ2n) is 4.32. The largest absolute Gasteiger partial charge is 0.288 e. The zero-order valence-corrected chi connectivity index (χ0v) is 12.7. The van der Waals surface area contributed by atoms with Gasteiger partial charge in [-0.3, -0.25) is 4.79 Å². The summed E-state index contributed by atoms with van der Waals surface area (Å²) >= 11 is 18.0. The van der Waals surface area contributed by atoms with E-state index < -0.39 is 0 Å². The molecule has 0 bridgehead atoms.